The van der Waals surface area contributed by atoms with Gasteiger partial charge in [0.15, 0.2) is 0 Å². The number of carbonyl (C=O) groups excluding carboxylic acids is 1. The molecular weight excluding hydrogens is 283 g/mol. The van der Waals surface area contributed by atoms with Crippen molar-refractivity contribution in [2.45, 2.75) is 24.8 Å². The second-order valence-electron chi connectivity index (χ2n) is 5.05. The van der Waals surface area contributed by atoms with Crippen molar-refractivity contribution in [1.82, 2.24) is 9.62 Å². The maximum atomic E-state index is 12.9. The summed E-state index contributed by atoms with van der Waals surface area (Å²) in [4.78, 5) is 11.9. The zero-order valence-electron chi connectivity index (χ0n) is 11.3. The number of hydrogen-bond donors (Lipinski definition) is 1. The van der Waals surface area contributed by atoms with Crippen molar-refractivity contribution in [2.75, 3.05) is 13.1 Å². The predicted molar refractivity (Wildman–Crippen MR) is 71.9 cm³/mol. The van der Waals surface area contributed by atoms with E-state index in [0.717, 1.165) is 12.1 Å². The third-order valence-electron chi connectivity index (χ3n) is 3.26. The molecule has 1 heterocycles. The van der Waals surface area contributed by atoms with E-state index in [1.807, 2.05) is 0 Å². The number of amides is 1. The molecule has 7 heteroatoms. The van der Waals surface area contributed by atoms with Crippen molar-refractivity contribution >= 4 is 15.9 Å². The highest BCUT2D eigenvalue weighted by atomic mass is 32.2. The summed E-state index contributed by atoms with van der Waals surface area (Å²) in [6.07, 6.45) is 0. The molecule has 1 saturated heterocycles. The summed E-state index contributed by atoms with van der Waals surface area (Å²) in [5.74, 6) is -0.941. The first-order valence-electron chi connectivity index (χ1n) is 6.39. The third kappa shape index (κ3) is 2.69. The van der Waals surface area contributed by atoms with Gasteiger partial charge in [-0.25, -0.2) is 12.8 Å². The summed E-state index contributed by atoms with van der Waals surface area (Å²) >= 11 is 0. The standard InChI is InChI=1S/C13H17FN2O3S/c1-9(2)12-13(17)15-7-8-16(12)20(18,19)11-5-3-10(14)4-6-11/h3-6,9,12H,7-8H2,1-2H3,(H,15,17). The maximum Gasteiger partial charge on any atom is 0.243 e. The van der Waals surface area contributed by atoms with Crippen LogP contribution in [-0.2, 0) is 14.8 Å². The van der Waals surface area contributed by atoms with Gasteiger partial charge in [0.1, 0.15) is 11.9 Å². The smallest absolute Gasteiger partial charge is 0.243 e. The summed E-state index contributed by atoms with van der Waals surface area (Å²) < 4.78 is 39.3. The van der Waals surface area contributed by atoms with Gasteiger partial charge in [-0.2, -0.15) is 4.31 Å². The lowest BCUT2D eigenvalue weighted by molar-refractivity contribution is -0.128. The zero-order valence-corrected chi connectivity index (χ0v) is 12.2. The minimum atomic E-state index is -3.80. The van der Waals surface area contributed by atoms with E-state index in [0.29, 0.717) is 0 Å². The van der Waals surface area contributed by atoms with Crippen LogP contribution in [0.2, 0.25) is 0 Å². The first kappa shape index (κ1) is 14.9. The number of halogens is 1. The van der Waals surface area contributed by atoms with Crippen molar-refractivity contribution < 1.29 is 17.6 Å². The number of piperazine rings is 1. The van der Waals surface area contributed by atoms with Crippen LogP contribution in [0, 0.1) is 11.7 Å². The van der Waals surface area contributed by atoms with Gasteiger partial charge in [-0.15, -0.1) is 0 Å². The number of sulfonamides is 1. The largest absolute Gasteiger partial charge is 0.353 e. The van der Waals surface area contributed by atoms with Crippen molar-refractivity contribution in [3.63, 3.8) is 0 Å². The molecule has 2 rings (SSSR count). The lowest BCUT2D eigenvalue weighted by atomic mass is 10.0. The second-order valence-corrected chi connectivity index (χ2v) is 6.94. The average Bonchev–Trinajstić information content (AvgIpc) is 2.38. The normalized spacial score (nSPS) is 21.0. The van der Waals surface area contributed by atoms with Crippen molar-refractivity contribution in [3.05, 3.63) is 30.1 Å². The van der Waals surface area contributed by atoms with Gasteiger partial charge in [-0.3, -0.25) is 4.79 Å². The molecule has 1 N–H and O–H groups in total. The summed E-state index contributed by atoms with van der Waals surface area (Å²) in [7, 11) is -3.80. The number of benzene rings is 1. The molecule has 1 atom stereocenters. The Kier molecular flexibility index (Phi) is 4.10. The van der Waals surface area contributed by atoms with Crippen molar-refractivity contribution in [3.8, 4) is 0 Å². The number of carbonyl (C=O) groups is 1. The van der Waals surface area contributed by atoms with Crippen molar-refractivity contribution in [2.24, 2.45) is 5.92 Å². The van der Waals surface area contributed by atoms with E-state index in [4.69, 9.17) is 0 Å². The van der Waals surface area contributed by atoms with Gasteiger partial charge >= 0.3 is 0 Å². The Hall–Kier alpha value is -1.47. The highest BCUT2D eigenvalue weighted by molar-refractivity contribution is 7.89. The minimum Gasteiger partial charge on any atom is -0.353 e. The number of hydrogen-bond acceptors (Lipinski definition) is 3. The fourth-order valence-electron chi connectivity index (χ4n) is 2.31. The molecule has 1 aliphatic rings. The Bertz CT molecular complexity index is 599. The lowest BCUT2D eigenvalue weighted by Crippen LogP contribution is -2.58. The topological polar surface area (TPSA) is 66.5 Å². The van der Waals surface area contributed by atoms with Crippen LogP contribution >= 0.6 is 0 Å². The van der Waals surface area contributed by atoms with E-state index in [9.17, 15) is 17.6 Å². The second kappa shape index (κ2) is 5.49. The van der Waals surface area contributed by atoms with Gasteiger partial charge in [0, 0.05) is 13.1 Å². The molecular formula is C13H17FN2O3S. The summed E-state index contributed by atoms with van der Waals surface area (Å²) in [5.41, 5.74) is 0. The highest BCUT2D eigenvalue weighted by Gasteiger charge is 2.39. The van der Waals surface area contributed by atoms with E-state index in [2.05, 4.69) is 5.32 Å². The number of rotatable bonds is 3. The predicted octanol–water partition coefficient (Wildman–Crippen LogP) is 0.971. The van der Waals surface area contributed by atoms with Crippen LogP contribution in [0.5, 0.6) is 0 Å². The highest BCUT2D eigenvalue weighted by Crippen LogP contribution is 2.23. The molecule has 0 aliphatic carbocycles. The Labute approximate surface area is 117 Å². The SMILES string of the molecule is CC(C)C1C(=O)NCCN1S(=O)(=O)c1ccc(F)cc1. The fraction of sp³-hybridized carbons (Fsp3) is 0.462. The summed E-state index contributed by atoms with van der Waals surface area (Å²) in [6, 6.07) is 3.89. The van der Waals surface area contributed by atoms with Crippen LogP contribution in [0.1, 0.15) is 13.8 Å². The first-order chi connectivity index (χ1) is 9.34. The first-order valence-corrected chi connectivity index (χ1v) is 7.83. The van der Waals surface area contributed by atoms with E-state index < -0.39 is 21.9 Å². The van der Waals surface area contributed by atoms with Crippen LogP contribution in [-0.4, -0.2) is 37.8 Å². The zero-order chi connectivity index (χ0) is 14.9. The quantitative estimate of drug-likeness (QED) is 0.904. The molecule has 1 aromatic rings. The van der Waals surface area contributed by atoms with Crippen LogP contribution in [0.4, 0.5) is 4.39 Å². The van der Waals surface area contributed by atoms with Crippen LogP contribution in [0.15, 0.2) is 29.2 Å². The van der Waals surface area contributed by atoms with Gasteiger partial charge in [0.2, 0.25) is 15.9 Å². The maximum absolute atomic E-state index is 12.9. The average molecular weight is 300 g/mol. The van der Waals surface area contributed by atoms with Crippen LogP contribution in [0.3, 0.4) is 0 Å². The molecule has 0 spiro atoms. The summed E-state index contributed by atoms with van der Waals surface area (Å²) in [5, 5.41) is 2.67. The minimum absolute atomic E-state index is 0.000694. The molecule has 1 unspecified atom stereocenters. The third-order valence-corrected chi connectivity index (χ3v) is 5.16. The number of nitrogens with zero attached hydrogens (tertiary/aromatic N) is 1. The molecule has 0 radical (unpaired) electrons. The van der Waals surface area contributed by atoms with Crippen LogP contribution < -0.4 is 5.32 Å². The fourth-order valence-corrected chi connectivity index (χ4v) is 4.03. The van der Waals surface area contributed by atoms with Gasteiger partial charge in [-0.05, 0) is 30.2 Å². The molecule has 1 aliphatic heterocycles. The van der Waals surface area contributed by atoms with Crippen molar-refractivity contribution in [1.29, 1.82) is 0 Å². The van der Waals surface area contributed by atoms with E-state index in [-0.39, 0.29) is 29.8 Å². The van der Waals surface area contributed by atoms with Gasteiger partial charge in [-0.1, -0.05) is 13.8 Å². The van der Waals surface area contributed by atoms with Gasteiger partial charge < -0.3 is 5.32 Å². The molecule has 1 fully saturated rings. The van der Waals surface area contributed by atoms with Gasteiger partial charge in [0.05, 0.1) is 4.90 Å². The molecule has 0 saturated carbocycles. The lowest BCUT2D eigenvalue weighted by Gasteiger charge is -2.36. The van der Waals surface area contributed by atoms with Crippen LogP contribution in [0.25, 0.3) is 0 Å². The Morgan fingerprint density at radius 1 is 1.30 bits per heavy atom. The Balaban J connectivity index is 2.41. The summed E-state index contributed by atoms with van der Waals surface area (Å²) in [6.45, 7) is 4.09. The van der Waals surface area contributed by atoms with E-state index in [1.165, 1.54) is 16.4 Å². The Morgan fingerprint density at radius 2 is 1.90 bits per heavy atom. The molecule has 1 aromatic carbocycles. The molecule has 110 valence electrons. The molecule has 0 aromatic heterocycles. The Morgan fingerprint density at radius 3 is 2.45 bits per heavy atom. The monoisotopic (exact) mass is 300 g/mol. The van der Waals surface area contributed by atoms with E-state index >= 15 is 0 Å². The molecule has 5 nitrogen and oxygen atoms in total. The molecule has 0 bridgehead atoms. The number of nitrogens with one attached hydrogen (secondary N) is 1. The molecule has 1 amide bonds. The molecule has 20 heavy (non-hydrogen) atoms. The van der Waals surface area contributed by atoms with E-state index in [1.54, 1.807) is 13.8 Å². The van der Waals surface area contributed by atoms with Gasteiger partial charge in [0.25, 0.3) is 0 Å².